The molecule has 1 N–H and O–H groups in total. The van der Waals surface area contributed by atoms with Crippen molar-refractivity contribution < 1.29 is 13.9 Å². The Hall–Kier alpha value is -1.58. The molecule has 4 bridgehead atoms. The largest absolute Gasteiger partial charge is 0.484 e. The molecular weight excluding hydrogens is 281 g/mol. The van der Waals surface area contributed by atoms with Gasteiger partial charge in [0, 0.05) is 11.6 Å². The summed E-state index contributed by atoms with van der Waals surface area (Å²) in [5.74, 6) is 2.38. The third-order valence-corrected chi connectivity index (χ3v) is 5.61. The van der Waals surface area contributed by atoms with Gasteiger partial charge in [-0.1, -0.05) is 6.07 Å². The van der Waals surface area contributed by atoms with Crippen LogP contribution >= 0.6 is 0 Å². The van der Waals surface area contributed by atoms with E-state index in [1.165, 1.54) is 31.4 Å². The second-order valence-electron chi connectivity index (χ2n) is 7.49. The van der Waals surface area contributed by atoms with Gasteiger partial charge in [0.25, 0.3) is 5.91 Å². The van der Waals surface area contributed by atoms with E-state index in [9.17, 15) is 9.18 Å². The van der Waals surface area contributed by atoms with E-state index < -0.39 is 0 Å². The highest BCUT2D eigenvalue weighted by atomic mass is 19.1. The topological polar surface area (TPSA) is 38.3 Å². The molecule has 0 unspecified atom stereocenters. The number of rotatable bonds is 4. The predicted molar refractivity (Wildman–Crippen MR) is 80.9 cm³/mol. The Morgan fingerprint density at radius 3 is 2.41 bits per heavy atom. The first-order chi connectivity index (χ1) is 10.6. The Morgan fingerprint density at radius 2 is 1.82 bits per heavy atom. The van der Waals surface area contributed by atoms with Crippen LogP contribution in [0, 0.1) is 23.6 Å². The van der Waals surface area contributed by atoms with Crippen molar-refractivity contribution >= 4 is 5.91 Å². The number of hydrogen-bond donors (Lipinski definition) is 1. The van der Waals surface area contributed by atoms with Crippen molar-refractivity contribution in [1.29, 1.82) is 0 Å². The van der Waals surface area contributed by atoms with E-state index in [0.29, 0.717) is 5.75 Å². The highest BCUT2D eigenvalue weighted by Gasteiger charge is 2.51. The smallest absolute Gasteiger partial charge is 0.258 e. The zero-order valence-electron chi connectivity index (χ0n) is 12.7. The maximum absolute atomic E-state index is 13.1. The third-order valence-electron chi connectivity index (χ3n) is 5.61. The molecule has 4 fully saturated rings. The molecule has 1 amide bonds. The average Bonchev–Trinajstić information content (AvgIpc) is 2.43. The first-order valence-electron chi connectivity index (χ1n) is 8.30. The van der Waals surface area contributed by atoms with Crippen LogP contribution in [0.5, 0.6) is 5.75 Å². The zero-order valence-corrected chi connectivity index (χ0v) is 12.7. The first-order valence-corrected chi connectivity index (χ1v) is 8.30. The summed E-state index contributed by atoms with van der Waals surface area (Å²) in [5, 5.41) is 3.25. The van der Waals surface area contributed by atoms with Crippen molar-refractivity contribution in [1.82, 2.24) is 5.32 Å². The summed E-state index contributed by atoms with van der Waals surface area (Å²) in [6.07, 6.45) is 7.46. The standard InChI is InChI=1S/C18H22FNO2/c19-15-2-1-3-16(7-15)22-11-17(21)20-18-8-12-4-13(9-18)6-14(5-12)10-18/h1-3,7,12-14H,4-6,8-11H2,(H,20,21). The number of carbonyl (C=O) groups is 1. The molecule has 0 atom stereocenters. The second-order valence-corrected chi connectivity index (χ2v) is 7.49. The van der Waals surface area contributed by atoms with Gasteiger partial charge in [-0.15, -0.1) is 0 Å². The lowest BCUT2D eigenvalue weighted by molar-refractivity contribution is -0.128. The lowest BCUT2D eigenvalue weighted by Crippen LogP contribution is -2.60. The van der Waals surface area contributed by atoms with Crippen molar-refractivity contribution in [3.8, 4) is 5.75 Å². The molecule has 0 spiro atoms. The molecule has 4 aliphatic rings. The number of nitrogens with one attached hydrogen (secondary N) is 1. The van der Waals surface area contributed by atoms with E-state index in [1.807, 2.05) is 0 Å². The van der Waals surface area contributed by atoms with Crippen molar-refractivity contribution in [3.63, 3.8) is 0 Å². The SMILES string of the molecule is O=C(COc1cccc(F)c1)NC12CC3CC(CC(C3)C1)C2. The number of carbonyl (C=O) groups excluding carboxylic acids is 1. The van der Waals surface area contributed by atoms with E-state index in [1.54, 1.807) is 12.1 Å². The molecule has 0 aromatic heterocycles. The Labute approximate surface area is 130 Å². The monoisotopic (exact) mass is 303 g/mol. The van der Waals surface area contributed by atoms with Crippen LogP contribution in [0.15, 0.2) is 24.3 Å². The normalized spacial score (nSPS) is 35.4. The lowest BCUT2D eigenvalue weighted by atomic mass is 9.53. The van der Waals surface area contributed by atoms with Gasteiger partial charge in [-0.3, -0.25) is 4.79 Å². The van der Waals surface area contributed by atoms with Crippen LogP contribution in [0.25, 0.3) is 0 Å². The van der Waals surface area contributed by atoms with Gasteiger partial charge in [-0.05, 0) is 68.4 Å². The highest BCUT2D eigenvalue weighted by Crippen LogP contribution is 2.55. The molecule has 4 aliphatic carbocycles. The van der Waals surface area contributed by atoms with Gasteiger partial charge in [0.2, 0.25) is 0 Å². The van der Waals surface area contributed by atoms with Gasteiger partial charge in [0.05, 0.1) is 0 Å². The van der Waals surface area contributed by atoms with Crippen LogP contribution in [0.4, 0.5) is 4.39 Å². The molecule has 0 heterocycles. The van der Waals surface area contributed by atoms with Crippen LogP contribution in [0.1, 0.15) is 38.5 Å². The van der Waals surface area contributed by atoms with Crippen LogP contribution in [-0.2, 0) is 4.79 Å². The number of halogens is 1. The van der Waals surface area contributed by atoms with Crippen molar-refractivity contribution in [3.05, 3.63) is 30.1 Å². The second kappa shape index (κ2) is 5.25. The summed E-state index contributed by atoms with van der Waals surface area (Å²) >= 11 is 0. The minimum absolute atomic E-state index is 0.0110. The number of amides is 1. The summed E-state index contributed by atoms with van der Waals surface area (Å²) in [5.41, 5.74) is 0.0110. The molecule has 3 nitrogen and oxygen atoms in total. The maximum Gasteiger partial charge on any atom is 0.258 e. The molecule has 118 valence electrons. The highest BCUT2D eigenvalue weighted by molar-refractivity contribution is 5.78. The molecule has 1 aromatic carbocycles. The summed E-state index contributed by atoms with van der Waals surface area (Å²) in [6, 6.07) is 5.92. The first kappa shape index (κ1) is 14.0. The molecule has 0 aliphatic heterocycles. The van der Waals surface area contributed by atoms with Gasteiger partial charge in [-0.25, -0.2) is 4.39 Å². The molecule has 22 heavy (non-hydrogen) atoms. The molecule has 5 rings (SSSR count). The summed E-state index contributed by atoms with van der Waals surface area (Å²) in [4.78, 5) is 12.3. The molecule has 0 radical (unpaired) electrons. The zero-order chi connectivity index (χ0) is 15.2. The molecule has 1 aromatic rings. The van der Waals surface area contributed by atoms with E-state index in [0.717, 1.165) is 37.0 Å². The minimum Gasteiger partial charge on any atom is -0.484 e. The Kier molecular flexibility index (Phi) is 3.35. The van der Waals surface area contributed by atoms with Gasteiger partial charge in [-0.2, -0.15) is 0 Å². The fourth-order valence-corrected chi connectivity index (χ4v) is 5.30. The van der Waals surface area contributed by atoms with E-state index in [4.69, 9.17) is 4.74 Å². The number of hydrogen-bond acceptors (Lipinski definition) is 2. The van der Waals surface area contributed by atoms with E-state index >= 15 is 0 Å². The van der Waals surface area contributed by atoms with Gasteiger partial charge in [0.1, 0.15) is 11.6 Å². The molecule has 0 saturated heterocycles. The predicted octanol–water partition coefficient (Wildman–Crippen LogP) is 3.29. The Morgan fingerprint density at radius 1 is 1.18 bits per heavy atom. The van der Waals surface area contributed by atoms with Gasteiger partial charge >= 0.3 is 0 Å². The molecular formula is C18H22FNO2. The van der Waals surface area contributed by atoms with Crippen LogP contribution in [-0.4, -0.2) is 18.1 Å². The van der Waals surface area contributed by atoms with Crippen LogP contribution in [0.2, 0.25) is 0 Å². The number of benzene rings is 1. The fourth-order valence-electron chi connectivity index (χ4n) is 5.30. The van der Waals surface area contributed by atoms with Crippen molar-refractivity contribution in [2.24, 2.45) is 17.8 Å². The summed E-state index contributed by atoms with van der Waals surface area (Å²) < 4.78 is 18.5. The summed E-state index contributed by atoms with van der Waals surface area (Å²) in [6.45, 7) is -0.0365. The third kappa shape index (κ3) is 2.71. The molecule has 4 saturated carbocycles. The Balaban J connectivity index is 1.36. The van der Waals surface area contributed by atoms with Crippen LogP contribution in [0.3, 0.4) is 0 Å². The quantitative estimate of drug-likeness (QED) is 0.927. The van der Waals surface area contributed by atoms with E-state index in [-0.39, 0.29) is 23.9 Å². The van der Waals surface area contributed by atoms with E-state index in [2.05, 4.69) is 5.32 Å². The lowest BCUT2D eigenvalue weighted by Gasteiger charge is -2.56. The summed E-state index contributed by atoms with van der Waals surface area (Å²) in [7, 11) is 0. The van der Waals surface area contributed by atoms with Crippen molar-refractivity contribution in [2.45, 2.75) is 44.1 Å². The maximum atomic E-state index is 13.1. The minimum atomic E-state index is -0.348. The fraction of sp³-hybridized carbons (Fsp3) is 0.611. The Bertz CT molecular complexity index is 551. The van der Waals surface area contributed by atoms with Crippen molar-refractivity contribution in [2.75, 3.05) is 6.61 Å². The van der Waals surface area contributed by atoms with Gasteiger partial charge < -0.3 is 10.1 Å². The van der Waals surface area contributed by atoms with Crippen LogP contribution < -0.4 is 10.1 Å². The molecule has 4 heteroatoms. The number of ether oxygens (including phenoxy) is 1. The average molecular weight is 303 g/mol. The van der Waals surface area contributed by atoms with Gasteiger partial charge in [0.15, 0.2) is 6.61 Å².